The van der Waals surface area contributed by atoms with Gasteiger partial charge < -0.3 is 14.8 Å². The van der Waals surface area contributed by atoms with Crippen LogP contribution in [0.25, 0.3) is 0 Å². The zero-order valence-corrected chi connectivity index (χ0v) is 13.8. The molecule has 0 saturated heterocycles. The molecule has 1 aromatic carbocycles. The minimum absolute atomic E-state index is 0.237. The lowest BCUT2D eigenvalue weighted by molar-refractivity contribution is 0.0658. The van der Waals surface area contributed by atoms with Gasteiger partial charge >= 0.3 is 0 Å². The molecule has 0 heterocycles. The summed E-state index contributed by atoms with van der Waals surface area (Å²) < 4.78 is 11.8. The average Bonchev–Trinajstić information content (AvgIpc) is 2.40. The Morgan fingerprint density at radius 1 is 1.26 bits per heavy atom. The highest BCUT2D eigenvalue weighted by molar-refractivity contribution is 9.10. The van der Waals surface area contributed by atoms with Gasteiger partial charge in [0.25, 0.3) is 0 Å². The third kappa shape index (κ3) is 4.79. The van der Waals surface area contributed by atoms with Gasteiger partial charge in [0.2, 0.25) is 0 Å². The third-order valence-corrected chi connectivity index (χ3v) is 3.91. The number of benzene rings is 1. The van der Waals surface area contributed by atoms with Crippen molar-refractivity contribution in [2.45, 2.75) is 38.8 Å². The SMILES string of the molecule is CCNC(Cc1ccc(OC)c(Br)c1)C(CC)OC. The van der Waals surface area contributed by atoms with Crippen LogP contribution in [0.2, 0.25) is 0 Å². The summed E-state index contributed by atoms with van der Waals surface area (Å²) in [5.41, 5.74) is 1.27. The molecule has 0 aliphatic heterocycles. The molecule has 2 atom stereocenters. The normalized spacial score (nSPS) is 14.2. The number of nitrogens with one attached hydrogen (secondary N) is 1. The third-order valence-electron chi connectivity index (χ3n) is 3.29. The number of likely N-dealkylation sites (N-methyl/N-ethyl adjacent to an activating group) is 1. The van der Waals surface area contributed by atoms with Crippen LogP contribution < -0.4 is 10.1 Å². The molecule has 1 N–H and O–H groups in total. The minimum Gasteiger partial charge on any atom is -0.496 e. The molecule has 0 amide bonds. The molecule has 0 saturated carbocycles. The van der Waals surface area contributed by atoms with Crippen molar-refractivity contribution >= 4 is 15.9 Å². The van der Waals surface area contributed by atoms with E-state index in [1.807, 2.05) is 6.07 Å². The van der Waals surface area contributed by atoms with Crippen molar-refractivity contribution in [2.75, 3.05) is 20.8 Å². The van der Waals surface area contributed by atoms with Crippen molar-refractivity contribution in [2.24, 2.45) is 0 Å². The fraction of sp³-hybridized carbons (Fsp3) is 0.600. The summed E-state index contributed by atoms with van der Waals surface area (Å²) >= 11 is 3.53. The first kappa shape index (κ1) is 16.5. The standard InChI is InChI=1S/C15H24BrNO2/c1-5-14(18-3)13(17-6-2)10-11-7-8-15(19-4)12(16)9-11/h7-9,13-14,17H,5-6,10H2,1-4H3. The molecule has 1 aromatic rings. The Bertz CT molecular complexity index is 380. The number of halogens is 1. The van der Waals surface area contributed by atoms with E-state index in [1.54, 1.807) is 14.2 Å². The second-order valence-corrected chi connectivity index (χ2v) is 5.37. The average molecular weight is 330 g/mol. The van der Waals surface area contributed by atoms with E-state index in [9.17, 15) is 0 Å². The van der Waals surface area contributed by atoms with E-state index in [-0.39, 0.29) is 6.10 Å². The Morgan fingerprint density at radius 3 is 2.47 bits per heavy atom. The first-order valence-electron chi connectivity index (χ1n) is 6.74. The predicted octanol–water partition coefficient (Wildman–Crippen LogP) is 3.40. The Hall–Kier alpha value is -0.580. The van der Waals surface area contributed by atoms with E-state index in [2.05, 4.69) is 47.2 Å². The zero-order chi connectivity index (χ0) is 14.3. The fourth-order valence-corrected chi connectivity index (χ4v) is 2.89. The van der Waals surface area contributed by atoms with Crippen LogP contribution in [0.1, 0.15) is 25.8 Å². The van der Waals surface area contributed by atoms with E-state index >= 15 is 0 Å². The quantitative estimate of drug-likeness (QED) is 0.792. The molecule has 19 heavy (non-hydrogen) atoms. The van der Waals surface area contributed by atoms with Crippen molar-refractivity contribution in [3.63, 3.8) is 0 Å². The van der Waals surface area contributed by atoms with Gasteiger partial charge in [-0.25, -0.2) is 0 Å². The lowest BCUT2D eigenvalue weighted by atomic mass is 9.99. The Balaban J connectivity index is 2.81. The van der Waals surface area contributed by atoms with Crippen LogP contribution in [-0.4, -0.2) is 32.9 Å². The molecule has 4 heteroatoms. The highest BCUT2D eigenvalue weighted by atomic mass is 79.9. The van der Waals surface area contributed by atoms with Crippen LogP contribution in [-0.2, 0) is 11.2 Å². The summed E-state index contributed by atoms with van der Waals surface area (Å²) in [7, 11) is 3.46. The maximum absolute atomic E-state index is 5.56. The lowest BCUT2D eigenvalue weighted by Crippen LogP contribution is -2.42. The largest absolute Gasteiger partial charge is 0.496 e. The number of ether oxygens (including phenoxy) is 2. The van der Waals surface area contributed by atoms with Crippen molar-refractivity contribution in [1.29, 1.82) is 0 Å². The molecule has 0 aromatic heterocycles. The Kier molecular flexibility index (Phi) is 7.42. The molecule has 2 unspecified atom stereocenters. The summed E-state index contributed by atoms with van der Waals surface area (Å²) in [5, 5.41) is 3.51. The number of methoxy groups -OCH3 is 2. The highest BCUT2D eigenvalue weighted by Gasteiger charge is 2.19. The fourth-order valence-electron chi connectivity index (χ4n) is 2.30. The summed E-state index contributed by atoms with van der Waals surface area (Å²) in [5.74, 6) is 0.863. The molecule has 0 fully saturated rings. The van der Waals surface area contributed by atoms with Crippen molar-refractivity contribution in [1.82, 2.24) is 5.32 Å². The second kappa shape index (κ2) is 8.56. The minimum atomic E-state index is 0.237. The Labute approximate surface area is 124 Å². The van der Waals surface area contributed by atoms with Crippen LogP contribution >= 0.6 is 15.9 Å². The van der Waals surface area contributed by atoms with Crippen molar-refractivity contribution in [3.8, 4) is 5.75 Å². The van der Waals surface area contributed by atoms with Crippen LogP contribution in [0.3, 0.4) is 0 Å². The molecular formula is C15H24BrNO2. The van der Waals surface area contributed by atoms with Crippen LogP contribution in [0.5, 0.6) is 5.75 Å². The first-order valence-corrected chi connectivity index (χ1v) is 7.54. The molecular weight excluding hydrogens is 306 g/mol. The molecule has 3 nitrogen and oxygen atoms in total. The zero-order valence-electron chi connectivity index (χ0n) is 12.2. The summed E-state index contributed by atoms with van der Waals surface area (Å²) in [6, 6.07) is 6.55. The Morgan fingerprint density at radius 2 is 2.00 bits per heavy atom. The highest BCUT2D eigenvalue weighted by Crippen LogP contribution is 2.26. The molecule has 0 spiro atoms. The lowest BCUT2D eigenvalue weighted by Gasteiger charge is -2.26. The van der Waals surface area contributed by atoms with Gasteiger partial charge in [0, 0.05) is 13.2 Å². The topological polar surface area (TPSA) is 30.5 Å². The van der Waals surface area contributed by atoms with E-state index < -0.39 is 0 Å². The summed E-state index contributed by atoms with van der Waals surface area (Å²) in [6.07, 6.45) is 2.19. The smallest absolute Gasteiger partial charge is 0.133 e. The second-order valence-electron chi connectivity index (χ2n) is 4.52. The molecule has 0 radical (unpaired) electrons. The summed E-state index contributed by atoms with van der Waals surface area (Å²) in [4.78, 5) is 0. The van der Waals surface area contributed by atoms with Crippen LogP contribution in [0.4, 0.5) is 0 Å². The van der Waals surface area contributed by atoms with Gasteiger partial charge in [-0.15, -0.1) is 0 Å². The van der Waals surface area contributed by atoms with Crippen molar-refractivity contribution in [3.05, 3.63) is 28.2 Å². The summed E-state index contributed by atoms with van der Waals surface area (Å²) in [6.45, 7) is 5.23. The van der Waals surface area contributed by atoms with Crippen molar-refractivity contribution < 1.29 is 9.47 Å². The van der Waals surface area contributed by atoms with E-state index in [1.165, 1.54) is 5.56 Å². The molecule has 0 aliphatic rings. The van der Waals surface area contributed by atoms with Crippen LogP contribution in [0.15, 0.2) is 22.7 Å². The van der Waals surface area contributed by atoms with E-state index in [0.717, 1.165) is 29.6 Å². The molecule has 108 valence electrons. The maximum Gasteiger partial charge on any atom is 0.133 e. The van der Waals surface area contributed by atoms with Gasteiger partial charge in [0.1, 0.15) is 5.75 Å². The molecule has 0 aliphatic carbocycles. The maximum atomic E-state index is 5.56. The predicted molar refractivity (Wildman–Crippen MR) is 83.0 cm³/mol. The number of rotatable bonds is 8. The van der Waals surface area contributed by atoms with Crippen LogP contribution in [0, 0.1) is 0 Å². The van der Waals surface area contributed by atoms with Gasteiger partial charge in [0.15, 0.2) is 0 Å². The van der Waals surface area contributed by atoms with Gasteiger partial charge in [0.05, 0.1) is 17.7 Å². The van der Waals surface area contributed by atoms with Gasteiger partial charge in [-0.05, 0) is 53.0 Å². The van der Waals surface area contributed by atoms with Gasteiger partial charge in [-0.2, -0.15) is 0 Å². The number of hydrogen-bond donors (Lipinski definition) is 1. The van der Waals surface area contributed by atoms with E-state index in [4.69, 9.17) is 9.47 Å². The monoisotopic (exact) mass is 329 g/mol. The van der Waals surface area contributed by atoms with Gasteiger partial charge in [-0.1, -0.05) is 19.9 Å². The van der Waals surface area contributed by atoms with E-state index in [0.29, 0.717) is 6.04 Å². The number of hydrogen-bond acceptors (Lipinski definition) is 3. The molecule has 1 rings (SSSR count). The van der Waals surface area contributed by atoms with Gasteiger partial charge in [-0.3, -0.25) is 0 Å². The first-order chi connectivity index (χ1) is 9.15. The molecule has 0 bridgehead atoms.